The fourth-order valence-corrected chi connectivity index (χ4v) is 5.29. The molecule has 178 valence electrons. The number of aliphatic carboxylic acids is 1. The van der Waals surface area contributed by atoms with Crippen molar-refractivity contribution < 1.29 is 29.0 Å². The molecule has 2 amide bonds. The van der Waals surface area contributed by atoms with Crippen molar-refractivity contribution in [2.45, 2.75) is 43.2 Å². The normalized spacial score (nSPS) is 19.3. The van der Waals surface area contributed by atoms with E-state index in [1.165, 1.54) is 0 Å². The van der Waals surface area contributed by atoms with Crippen LogP contribution in [-0.4, -0.2) is 65.4 Å². The standard InChI is InChI=1S/C26H28N2O6/c1-25(34-14-22(29)30)15-28(16-25)23(31)26(11-6-12-26)27-24(32)33-13-21-19-9-4-2-7-17(19)18-8-3-5-10-20(18)21/h2-5,7-10,21H,6,11-16H2,1H3,(H,27,32)(H,29,30). The molecule has 2 aromatic rings. The Balaban J connectivity index is 1.20. The highest BCUT2D eigenvalue weighted by Crippen LogP contribution is 2.44. The number of fused-ring (bicyclic) bond motifs is 3. The maximum absolute atomic E-state index is 13.2. The summed E-state index contributed by atoms with van der Waals surface area (Å²) in [7, 11) is 0. The highest BCUT2D eigenvalue weighted by Gasteiger charge is 2.53. The van der Waals surface area contributed by atoms with Crippen LogP contribution in [0.5, 0.6) is 0 Å². The third-order valence-electron chi connectivity index (χ3n) is 7.18. The van der Waals surface area contributed by atoms with E-state index >= 15 is 0 Å². The van der Waals surface area contributed by atoms with Crippen LogP contribution < -0.4 is 5.32 Å². The number of benzene rings is 2. The van der Waals surface area contributed by atoms with Gasteiger partial charge in [-0.05, 0) is 48.4 Å². The molecule has 2 N–H and O–H groups in total. The van der Waals surface area contributed by atoms with Crippen LogP contribution >= 0.6 is 0 Å². The number of alkyl carbamates (subject to hydrolysis) is 1. The highest BCUT2D eigenvalue weighted by atomic mass is 16.5. The Morgan fingerprint density at radius 3 is 2.15 bits per heavy atom. The second kappa shape index (κ2) is 8.43. The lowest BCUT2D eigenvalue weighted by atomic mass is 9.74. The molecule has 2 aromatic carbocycles. The lowest BCUT2D eigenvalue weighted by Gasteiger charge is -2.52. The van der Waals surface area contributed by atoms with Gasteiger partial charge in [-0.2, -0.15) is 0 Å². The third-order valence-corrected chi connectivity index (χ3v) is 7.18. The SMILES string of the molecule is CC1(OCC(=O)O)CN(C(=O)C2(NC(=O)OCC3c4ccccc4-c4ccccc43)CCC2)C1. The van der Waals surface area contributed by atoms with Crippen LogP contribution in [0.1, 0.15) is 43.2 Å². The predicted octanol–water partition coefficient (Wildman–Crippen LogP) is 3.15. The number of nitrogens with zero attached hydrogens (tertiary/aromatic N) is 1. The van der Waals surface area contributed by atoms with E-state index in [9.17, 15) is 14.4 Å². The summed E-state index contributed by atoms with van der Waals surface area (Å²) in [5, 5.41) is 11.7. The van der Waals surface area contributed by atoms with E-state index < -0.39 is 29.8 Å². The number of carbonyl (C=O) groups excluding carboxylic acids is 2. The predicted molar refractivity (Wildman–Crippen MR) is 123 cm³/mol. The smallest absolute Gasteiger partial charge is 0.408 e. The molecule has 5 rings (SSSR count). The van der Waals surface area contributed by atoms with Gasteiger partial charge in [-0.3, -0.25) is 4.79 Å². The van der Waals surface area contributed by atoms with Crippen LogP contribution in [0.4, 0.5) is 4.79 Å². The summed E-state index contributed by atoms with van der Waals surface area (Å²) in [6, 6.07) is 16.3. The van der Waals surface area contributed by atoms with Crippen LogP contribution in [0, 0.1) is 0 Å². The van der Waals surface area contributed by atoms with Gasteiger partial charge in [-0.15, -0.1) is 0 Å². The van der Waals surface area contributed by atoms with Crippen molar-refractivity contribution in [2.24, 2.45) is 0 Å². The fourth-order valence-electron chi connectivity index (χ4n) is 5.29. The lowest BCUT2D eigenvalue weighted by molar-refractivity contribution is -0.179. The molecule has 3 aliphatic rings. The first-order chi connectivity index (χ1) is 16.3. The van der Waals surface area contributed by atoms with Gasteiger partial charge in [-0.25, -0.2) is 9.59 Å². The number of carboxylic acids is 1. The van der Waals surface area contributed by atoms with Crippen LogP contribution in [0.25, 0.3) is 11.1 Å². The molecule has 0 bridgehead atoms. The number of carboxylic acid groups (broad SMARTS) is 1. The van der Waals surface area contributed by atoms with Crippen molar-refractivity contribution in [2.75, 3.05) is 26.3 Å². The molecular formula is C26H28N2O6. The Bertz CT molecular complexity index is 1090. The fraction of sp³-hybridized carbons (Fsp3) is 0.423. The molecule has 0 atom stereocenters. The molecule has 1 saturated heterocycles. The number of ether oxygens (including phenoxy) is 2. The van der Waals surface area contributed by atoms with Gasteiger partial charge in [0.25, 0.3) is 0 Å². The number of likely N-dealkylation sites (tertiary alicyclic amines) is 1. The number of hydrogen-bond acceptors (Lipinski definition) is 5. The van der Waals surface area contributed by atoms with E-state index in [-0.39, 0.29) is 18.4 Å². The van der Waals surface area contributed by atoms with Crippen LogP contribution in [0.3, 0.4) is 0 Å². The maximum Gasteiger partial charge on any atom is 0.408 e. The van der Waals surface area contributed by atoms with Crippen molar-refractivity contribution in [1.29, 1.82) is 0 Å². The first kappa shape index (κ1) is 22.4. The molecule has 1 saturated carbocycles. The summed E-state index contributed by atoms with van der Waals surface area (Å²) < 4.78 is 11.0. The molecule has 0 aromatic heterocycles. The van der Waals surface area contributed by atoms with Crippen LogP contribution in [0.15, 0.2) is 48.5 Å². The Labute approximate surface area is 197 Å². The van der Waals surface area contributed by atoms with Crippen molar-refractivity contribution in [1.82, 2.24) is 10.2 Å². The molecule has 0 radical (unpaired) electrons. The van der Waals surface area contributed by atoms with Crippen LogP contribution in [-0.2, 0) is 19.1 Å². The average Bonchev–Trinajstić information content (AvgIpc) is 3.10. The quantitative estimate of drug-likeness (QED) is 0.652. The van der Waals surface area contributed by atoms with E-state index in [0.29, 0.717) is 25.9 Å². The van der Waals surface area contributed by atoms with Crippen molar-refractivity contribution in [3.63, 3.8) is 0 Å². The Morgan fingerprint density at radius 1 is 1.03 bits per heavy atom. The van der Waals surface area contributed by atoms with Crippen molar-refractivity contribution in [3.05, 3.63) is 59.7 Å². The average molecular weight is 465 g/mol. The van der Waals surface area contributed by atoms with E-state index in [0.717, 1.165) is 28.7 Å². The van der Waals surface area contributed by atoms with Gasteiger partial charge in [0.2, 0.25) is 5.91 Å². The molecule has 1 heterocycles. The van der Waals surface area contributed by atoms with Gasteiger partial charge in [0, 0.05) is 5.92 Å². The van der Waals surface area contributed by atoms with Gasteiger partial charge in [0.1, 0.15) is 24.4 Å². The zero-order valence-electron chi connectivity index (χ0n) is 19.1. The van der Waals surface area contributed by atoms with Gasteiger partial charge in [0.05, 0.1) is 13.1 Å². The molecule has 34 heavy (non-hydrogen) atoms. The lowest BCUT2D eigenvalue weighted by Crippen LogP contribution is -2.71. The minimum Gasteiger partial charge on any atom is -0.480 e. The Kier molecular flexibility index (Phi) is 5.56. The van der Waals surface area contributed by atoms with Crippen LogP contribution in [0.2, 0.25) is 0 Å². The van der Waals surface area contributed by atoms with E-state index in [2.05, 4.69) is 29.6 Å². The zero-order valence-corrected chi connectivity index (χ0v) is 19.1. The second-order valence-electron chi connectivity index (χ2n) is 9.68. The summed E-state index contributed by atoms with van der Waals surface area (Å²) in [4.78, 5) is 38.3. The Hall–Kier alpha value is -3.39. The Morgan fingerprint density at radius 2 is 1.62 bits per heavy atom. The number of carbonyl (C=O) groups is 3. The number of hydrogen-bond donors (Lipinski definition) is 2. The topological polar surface area (TPSA) is 105 Å². The van der Waals surface area contributed by atoms with E-state index in [1.54, 1.807) is 11.8 Å². The maximum atomic E-state index is 13.2. The molecular weight excluding hydrogens is 436 g/mol. The summed E-state index contributed by atoms with van der Waals surface area (Å²) in [5.74, 6) is -1.25. The summed E-state index contributed by atoms with van der Waals surface area (Å²) in [6.45, 7) is 2.17. The summed E-state index contributed by atoms with van der Waals surface area (Å²) in [6.07, 6.45) is 1.36. The largest absolute Gasteiger partial charge is 0.480 e. The molecule has 0 spiro atoms. The number of rotatable bonds is 7. The minimum absolute atomic E-state index is 0.0475. The minimum atomic E-state index is -1.04. The molecule has 2 aliphatic carbocycles. The van der Waals surface area contributed by atoms with Gasteiger partial charge < -0.3 is 24.8 Å². The van der Waals surface area contributed by atoms with Gasteiger partial charge >= 0.3 is 12.1 Å². The zero-order chi connectivity index (χ0) is 23.9. The first-order valence-corrected chi connectivity index (χ1v) is 11.6. The molecule has 0 unspecified atom stereocenters. The van der Waals surface area contributed by atoms with Gasteiger partial charge in [0.15, 0.2) is 0 Å². The van der Waals surface area contributed by atoms with E-state index in [1.807, 2.05) is 24.3 Å². The molecule has 8 nitrogen and oxygen atoms in total. The summed E-state index contributed by atoms with van der Waals surface area (Å²) in [5.41, 5.74) is 2.94. The second-order valence-corrected chi connectivity index (χ2v) is 9.68. The monoisotopic (exact) mass is 464 g/mol. The van der Waals surface area contributed by atoms with Crippen molar-refractivity contribution in [3.8, 4) is 11.1 Å². The third kappa shape index (κ3) is 3.92. The molecule has 1 aliphatic heterocycles. The number of nitrogens with one attached hydrogen (secondary N) is 1. The van der Waals surface area contributed by atoms with Gasteiger partial charge in [-0.1, -0.05) is 48.5 Å². The molecule has 2 fully saturated rings. The molecule has 8 heteroatoms. The van der Waals surface area contributed by atoms with E-state index in [4.69, 9.17) is 14.6 Å². The number of amides is 2. The van der Waals surface area contributed by atoms with Crippen molar-refractivity contribution >= 4 is 18.0 Å². The highest BCUT2D eigenvalue weighted by molar-refractivity contribution is 5.91. The first-order valence-electron chi connectivity index (χ1n) is 11.6. The summed E-state index contributed by atoms with van der Waals surface area (Å²) >= 11 is 0.